The number of H-pyrrole nitrogens is 1. The molecule has 1 aliphatic heterocycles. The summed E-state index contributed by atoms with van der Waals surface area (Å²) in [4.78, 5) is 18.3. The first-order valence-electron chi connectivity index (χ1n) is 6.57. The fraction of sp³-hybridized carbons (Fsp3) is 0.583. The number of aromatic amines is 1. The summed E-state index contributed by atoms with van der Waals surface area (Å²) in [6.07, 6.45) is 2.62. The van der Waals surface area contributed by atoms with E-state index in [1.807, 2.05) is 0 Å². The summed E-state index contributed by atoms with van der Waals surface area (Å²) in [5.74, 6) is 0. The van der Waals surface area contributed by atoms with E-state index in [9.17, 15) is 13.2 Å². The molecule has 0 atom stereocenters. The summed E-state index contributed by atoms with van der Waals surface area (Å²) in [6, 6.07) is 1.20. The molecule has 2 N–H and O–H groups in total. The molecule has 1 saturated heterocycles. The van der Waals surface area contributed by atoms with Crippen LogP contribution in [-0.2, 0) is 10.0 Å². The standard InChI is InChI=1S/C12H20N4O3S/c1-15-6-8-16(9-7-15)5-4-14-20(18,19)12-10-13-3-2-11(12)17/h2-3,10,14H,4-9H2,1H3,(H,13,17). The monoisotopic (exact) mass is 300 g/mol. The lowest BCUT2D eigenvalue weighted by atomic mass is 10.3. The number of hydrogen-bond donors (Lipinski definition) is 2. The molecular weight excluding hydrogens is 280 g/mol. The molecule has 1 fully saturated rings. The first kappa shape index (κ1) is 15.2. The molecule has 2 heterocycles. The van der Waals surface area contributed by atoms with Crippen LogP contribution in [-0.4, -0.2) is 69.5 Å². The molecule has 0 aliphatic carbocycles. The van der Waals surface area contributed by atoms with Gasteiger partial charge in [-0.25, -0.2) is 13.1 Å². The molecule has 0 aromatic carbocycles. The largest absolute Gasteiger partial charge is 0.366 e. The van der Waals surface area contributed by atoms with Crippen molar-refractivity contribution in [1.29, 1.82) is 0 Å². The van der Waals surface area contributed by atoms with Crippen LogP contribution in [0.5, 0.6) is 0 Å². The van der Waals surface area contributed by atoms with Crippen LogP contribution in [0.4, 0.5) is 0 Å². The summed E-state index contributed by atoms with van der Waals surface area (Å²) >= 11 is 0. The molecule has 0 saturated carbocycles. The quantitative estimate of drug-likeness (QED) is 0.721. The van der Waals surface area contributed by atoms with Gasteiger partial charge in [0, 0.05) is 57.7 Å². The summed E-state index contributed by atoms with van der Waals surface area (Å²) in [6.45, 7) is 4.81. The number of nitrogens with zero attached hydrogens (tertiary/aromatic N) is 2. The lowest BCUT2D eigenvalue weighted by Gasteiger charge is -2.32. The minimum atomic E-state index is -3.73. The van der Waals surface area contributed by atoms with E-state index in [0.29, 0.717) is 13.1 Å². The van der Waals surface area contributed by atoms with Gasteiger partial charge in [0.15, 0.2) is 0 Å². The second-order valence-electron chi connectivity index (χ2n) is 4.92. The molecular formula is C12H20N4O3S. The SMILES string of the molecule is CN1CCN(CCNS(=O)(=O)c2c[nH]ccc2=O)CC1. The predicted octanol–water partition coefficient (Wildman–Crippen LogP) is -1.10. The van der Waals surface area contributed by atoms with Gasteiger partial charge in [0.05, 0.1) is 0 Å². The molecule has 7 nitrogen and oxygen atoms in total. The number of nitrogens with one attached hydrogen (secondary N) is 2. The Kier molecular flexibility index (Phi) is 4.92. The van der Waals surface area contributed by atoms with E-state index in [0.717, 1.165) is 26.2 Å². The van der Waals surface area contributed by atoms with Gasteiger partial charge in [0.25, 0.3) is 0 Å². The minimum Gasteiger partial charge on any atom is -0.366 e. The predicted molar refractivity (Wildman–Crippen MR) is 76.2 cm³/mol. The van der Waals surface area contributed by atoms with Crippen molar-refractivity contribution in [2.24, 2.45) is 0 Å². The second kappa shape index (κ2) is 6.49. The lowest BCUT2D eigenvalue weighted by Crippen LogP contribution is -2.47. The van der Waals surface area contributed by atoms with E-state index >= 15 is 0 Å². The number of piperazine rings is 1. The Hall–Kier alpha value is -1.22. The van der Waals surface area contributed by atoms with E-state index in [2.05, 4.69) is 26.6 Å². The molecule has 0 unspecified atom stereocenters. The van der Waals surface area contributed by atoms with Crippen molar-refractivity contribution in [2.75, 3.05) is 46.3 Å². The topological polar surface area (TPSA) is 85.5 Å². The molecule has 0 bridgehead atoms. The van der Waals surface area contributed by atoms with Crippen molar-refractivity contribution in [3.8, 4) is 0 Å². The zero-order valence-corrected chi connectivity index (χ0v) is 12.3. The van der Waals surface area contributed by atoms with Gasteiger partial charge in [0.1, 0.15) is 4.90 Å². The normalized spacial score (nSPS) is 18.2. The maximum absolute atomic E-state index is 12.0. The van der Waals surface area contributed by atoms with Crippen LogP contribution < -0.4 is 10.2 Å². The molecule has 1 aromatic rings. The van der Waals surface area contributed by atoms with Crippen LogP contribution in [0.25, 0.3) is 0 Å². The molecule has 0 spiro atoms. The molecule has 0 amide bonds. The smallest absolute Gasteiger partial charge is 0.245 e. The van der Waals surface area contributed by atoms with Crippen LogP contribution >= 0.6 is 0 Å². The van der Waals surface area contributed by atoms with Crippen molar-refractivity contribution >= 4 is 10.0 Å². The zero-order chi connectivity index (χ0) is 14.6. The maximum Gasteiger partial charge on any atom is 0.245 e. The van der Waals surface area contributed by atoms with Crippen molar-refractivity contribution in [1.82, 2.24) is 19.5 Å². The third kappa shape index (κ3) is 3.89. The summed E-state index contributed by atoms with van der Waals surface area (Å²) in [7, 11) is -1.66. The van der Waals surface area contributed by atoms with Crippen LogP contribution in [0.3, 0.4) is 0 Å². The maximum atomic E-state index is 12.0. The fourth-order valence-corrected chi connectivity index (χ4v) is 3.17. The van der Waals surface area contributed by atoms with E-state index in [1.165, 1.54) is 18.5 Å². The van der Waals surface area contributed by atoms with Crippen LogP contribution in [0.1, 0.15) is 0 Å². The van der Waals surface area contributed by atoms with Gasteiger partial charge in [-0.3, -0.25) is 9.69 Å². The number of sulfonamides is 1. The van der Waals surface area contributed by atoms with Crippen molar-refractivity contribution in [3.05, 3.63) is 28.7 Å². The van der Waals surface area contributed by atoms with Gasteiger partial charge >= 0.3 is 0 Å². The highest BCUT2D eigenvalue weighted by Crippen LogP contribution is 2.01. The Morgan fingerprint density at radius 1 is 1.30 bits per heavy atom. The average molecular weight is 300 g/mol. The highest BCUT2D eigenvalue weighted by atomic mass is 32.2. The Morgan fingerprint density at radius 3 is 2.65 bits per heavy atom. The molecule has 1 aromatic heterocycles. The van der Waals surface area contributed by atoms with E-state index in [-0.39, 0.29) is 4.90 Å². The van der Waals surface area contributed by atoms with Crippen LogP contribution in [0, 0.1) is 0 Å². The summed E-state index contributed by atoms with van der Waals surface area (Å²) < 4.78 is 26.4. The average Bonchev–Trinajstić information content (AvgIpc) is 2.41. The van der Waals surface area contributed by atoms with Crippen molar-refractivity contribution < 1.29 is 8.42 Å². The van der Waals surface area contributed by atoms with E-state index < -0.39 is 15.5 Å². The molecule has 1 aliphatic rings. The van der Waals surface area contributed by atoms with Crippen LogP contribution in [0.2, 0.25) is 0 Å². The zero-order valence-electron chi connectivity index (χ0n) is 11.5. The Balaban J connectivity index is 1.87. The van der Waals surface area contributed by atoms with Gasteiger partial charge < -0.3 is 9.88 Å². The number of hydrogen-bond acceptors (Lipinski definition) is 5. The van der Waals surface area contributed by atoms with Gasteiger partial charge in [0.2, 0.25) is 15.5 Å². The first-order chi connectivity index (χ1) is 9.49. The molecule has 8 heteroatoms. The van der Waals surface area contributed by atoms with E-state index in [1.54, 1.807) is 0 Å². The third-order valence-electron chi connectivity index (χ3n) is 3.39. The Bertz CT molecular complexity index is 591. The van der Waals surface area contributed by atoms with Crippen molar-refractivity contribution in [2.45, 2.75) is 4.90 Å². The molecule has 20 heavy (non-hydrogen) atoms. The second-order valence-corrected chi connectivity index (χ2v) is 6.65. The summed E-state index contributed by atoms with van der Waals surface area (Å²) in [5.41, 5.74) is -0.504. The Labute approximate surface area is 118 Å². The van der Waals surface area contributed by atoms with Gasteiger partial charge in [-0.2, -0.15) is 0 Å². The highest BCUT2D eigenvalue weighted by Gasteiger charge is 2.18. The number of rotatable bonds is 5. The lowest BCUT2D eigenvalue weighted by molar-refractivity contribution is 0.156. The number of likely N-dealkylation sites (N-methyl/N-ethyl adjacent to an activating group) is 1. The van der Waals surface area contributed by atoms with Crippen LogP contribution in [0.15, 0.2) is 28.2 Å². The van der Waals surface area contributed by atoms with Gasteiger partial charge in [-0.05, 0) is 7.05 Å². The molecule has 112 valence electrons. The molecule has 0 radical (unpaired) electrons. The number of aromatic nitrogens is 1. The first-order valence-corrected chi connectivity index (χ1v) is 8.05. The molecule has 2 rings (SSSR count). The minimum absolute atomic E-state index is 0.238. The highest BCUT2D eigenvalue weighted by molar-refractivity contribution is 7.89. The van der Waals surface area contributed by atoms with Gasteiger partial charge in [-0.15, -0.1) is 0 Å². The number of pyridine rings is 1. The fourth-order valence-electron chi connectivity index (χ4n) is 2.10. The Morgan fingerprint density at radius 2 is 2.00 bits per heavy atom. The third-order valence-corrected chi connectivity index (χ3v) is 4.88. The van der Waals surface area contributed by atoms with Gasteiger partial charge in [-0.1, -0.05) is 0 Å². The van der Waals surface area contributed by atoms with Crippen molar-refractivity contribution in [3.63, 3.8) is 0 Å². The van der Waals surface area contributed by atoms with E-state index in [4.69, 9.17) is 0 Å². The summed E-state index contributed by atoms with van der Waals surface area (Å²) in [5, 5.41) is 0.